The highest BCUT2D eigenvalue weighted by Crippen LogP contribution is 2.27. The fraction of sp³-hybridized carbons (Fsp3) is 0.150. The van der Waals surface area contributed by atoms with Crippen molar-refractivity contribution in [3.63, 3.8) is 0 Å². The van der Waals surface area contributed by atoms with Gasteiger partial charge in [0.1, 0.15) is 0 Å². The average molecular weight is 456 g/mol. The zero-order chi connectivity index (χ0) is 21.1. The van der Waals surface area contributed by atoms with Gasteiger partial charge in [0.05, 0.1) is 16.0 Å². The molecule has 2 aromatic carbocycles. The maximum Gasteiger partial charge on any atom is 0.286 e. The van der Waals surface area contributed by atoms with Crippen molar-refractivity contribution in [3.05, 3.63) is 58.6 Å². The summed E-state index contributed by atoms with van der Waals surface area (Å²) >= 11 is 3.82. The van der Waals surface area contributed by atoms with Crippen LogP contribution in [0, 0.1) is 13.8 Å². The number of hydrogen-bond acceptors (Lipinski definition) is 8. The first kappa shape index (κ1) is 20.5. The smallest absolute Gasteiger partial charge is 0.286 e. The molecular formula is C20H17N5O2S3. The summed E-state index contributed by atoms with van der Waals surface area (Å²) in [6.07, 6.45) is 0. The van der Waals surface area contributed by atoms with Crippen LogP contribution >= 0.6 is 34.4 Å². The molecule has 0 unspecified atom stereocenters. The summed E-state index contributed by atoms with van der Waals surface area (Å²) in [7, 11) is 0. The molecule has 2 aromatic heterocycles. The second kappa shape index (κ2) is 8.90. The van der Waals surface area contributed by atoms with Gasteiger partial charge in [-0.1, -0.05) is 52.9 Å². The van der Waals surface area contributed by atoms with Crippen LogP contribution in [0.3, 0.4) is 0 Å². The van der Waals surface area contributed by atoms with Crippen molar-refractivity contribution in [1.82, 2.24) is 15.2 Å². The number of benzene rings is 2. The van der Waals surface area contributed by atoms with Crippen LogP contribution in [-0.2, 0) is 4.79 Å². The largest absolute Gasteiger partial charge is 0.325 e. The highest BCUT2D eigenvalue weighted by Gasteiger charge is 2.15. The number of fused-ring (bicyclic) bond motifs is 1. The molecular weight excluding hydrogens is 438 g/mol. The minimum Gasteiger partial charge on any atom is -0.325 e. The second-order valence-corrected chi connectivity index (χ2v) is 9.70. The van der Waals surface area contributed by atoms with Gasteiger partial charge in [0.2, 0.25) is 11.0 Å². The number of carbonyl (C=O) groups excluding carboxylic acids is 2. The van der Waals surface area contributed by atoms with E-state index in [2.05, 4.69) is 25.8 Å². The molecule has 0 fully saturated rings. The van der Waals surface area contributed by atoms with E-state index < -0.39 is 0 Å². The molecule has 4 rings (SSSR count). The van der Waals surface area contributed by atoms with Crippen LogP contribution in [0.4, 0.5) is 10.8 Å². The maximum atomic E-state index is 12.4. The number of nitrogens with one attached hydrogen (secondary N) is 2. The molecule has 0 aliphatic carbocycles. The molecule has 2 heterocycles. The van der Waals surface area contributed by atoms with Gasteiger partial charge in [-0.2, -0.15) is 0 Å². The van der Waals surface area contributed by atoms with Crippen molar-refractivity contribution in [2.24, 2.45) is 0 Å². The summed E-state index contributed by atoms with van der Waals surface area (Å²) in [4.78, 5) is 29.0. The summed E-state index contributed by atoms with van der Waals surface area (Å²) in [6.45, 7) is 3.97. The quantitative estimate of drug-likeness (QED) is 0.322. The number of thiazole rings is 1. The van der Waals surface area contributed by atoms with E-state index in [9.17, 15) is 9.59 Å². The summed E-state index contributed by atoms with van der Waals surface area (Å²) in [5.41, 5.74) is 3.75. The fourth-order valence-electron chi connectivity index (χ4n) is 2.71. The van der Waals surface area contributed by atoms with Crippen LogP contribution in [0.25, 0.3) is 10.2 Å². The van der Waals surface area contributed by atoms with E-state index in [-0.39, 0.29) is 17.6 Å². The second-order valence-electron chi connectivity index (χ2n) is 6.47. The maximum absolute atomic E-state index is 12.4. The van der Waals surface area contributed by atoms with Gasteiger partial charge in [0.15, 0.2) is 9.35 Å². The lowest BCUT2D eigenvalue weighted by molar-refractivity contribution is -0.113. The minimum atomic E-state index is -0.323. The van der Waals surface area contributed by atoms with E-state index in [1.807, 2.05) is 56.3 Å². The first-order chi connectivity index (χ1) is 14.5. The van der Waals surface area contributed by atoms with Gasteiger partial charge in [-0.15, -0.1) is 21.5 Å². The number of hydrogen-bond donors (Lipinski definition) is 2. The topological polar surface area (TPSA) is 96.9 Å². The zero-order valence-electron chi connectivity index (χ0n) is 16.1. The first-order valence-electron chi connectivity index (χ1n) is 8.98. The van der Waals surface area contributed by atoms with Crippen molar-refractivity contribution < 1.29 is 9.59 Å². The Morgan fingerprint density at radius 3 is 2.67 bits per heavy atom. The molecule has 0 radical (unpaired) electrons. The van der Waals surface area contributed by atoms with Crippen molar-refractivity contribution >= 4 is 67.3 Å². The van der Waals surface area contributed by atoms with E-state index in [1.165, 1.54) is 34.4 Å². The zero-order valence-corrected chi connectivity index (χ0v) is 18.6. The first-order valence-corrected chi connectivity index (χ1v) is 11.6. The molecule has 30 heavy (non-hydrogen) atoms. The predicted molar refractivity (Wildman–Crippen MR) is 123 cm³/mol. The highest BCUT2D eigenvalue weighted by atomic mass is 32.2. The van der Waals surface area contributed by atoms with Crippen LogP contribution in [0.2, 0.25) is 0 Å². The summed E-state index contributed by atoms with van der Waals surface area (Å²) in [5, 5.41) is 14.4. The van der Waals surface area contributed by atoms with Crippen molar-refractivity contribution in [2.45, 2.75) is 18.2 Å². The molecule has 2 amide bonds. The molecule has 0 bridgehead atoms. The lowest BCUT2D eigenvalue weighted by Crippen LogP contribution is -2.14. The summed E-state index contributed by atoms with van der Waals surface area (Å²) in [5.74, 6) is -0.243. The van der Waals surface area contributed by atoms with E-state index in [0.717, 1.165) is 27.0 Å². The van der Waals surface area contributed by atoms with E-state index in [4.69, 9.17) is 0 Å². The number of carbonyl (C=O) groups is 2. The van der Waals surface area contributed by atoms with Gasteiger partial charge >= 0.3 is 0 Å². The normalized spacial score (nSPS) is 10.9. The third kappa shape index (κ3) is 4.84. The molecule has 2 N–H and O–H groups in total. The Kier molecular flexibility index (Phi) is 6.07. The van der Waals surface area contributed by atoms with Crippen LogP contribution in [0.5, 0.6) is 0 Å². The number of thioether (sulfide) groups is 1. The molecule has 4 aromatic rings. The number of aryl methyl sites for hydroxylation is 2. The Hall–Kier alpha value is -2.82. The Morgan fingerprint density at radius 1 is 1.03 bits per heavy atom. The Balaban J connectivity index is 1.32. The Morgan fingerprint density at radius 2 is 1.87 bits per heavy atom. The molecule has 7 nitrogen and oxygen atoms in total. The number of nitrogens with zero attached hydrogens (tertiary/aromatic N) is 3. The number of aromatic nitrogens is 3. The molecule has 0 saturated heterocycles. The molecule has 0 aliphatic rings. The number of para-hydroxylation sites is 1. The van der Waals surface area contributed by atoms with Gasteiger partial charge < -0.3 is 5.32 Å². The fourth-order valence-corrected chi connectivity index (χ4v) is 5.11. The summed E-state index contributed by atoms with van der Waals surface area (Å²) in [6, 6.07) is 13.5. The molecule has 0 aliphatic heterocycles. The van der Waals surface area contributed by atoms with Crippen molar-refractivity contribution in [2.75, 3.05) is 16.4 Å². The minimum absolute atomic E-state index is 0.123. The van der Waals surface area contributed by atoms with E-state index >= 15 is 0 Å². The SMILES string of the molecule is Cc1ccc(NC(=O)CSc2nnc(NC(=O)c3nc4ccccc4s3)s2)c(C)c1. The van der Waals surface area contributed by atoms with Crippen LogP contribution in [-0.4, -0.2) is 32.7 Å². The monoisotopic (exact) mass is 455 g/mol. The van der Waals surface area contributed by atoms with Gasteiger partial charge in [0.25, 0.3) is 5.91 Å². The molecule has 0 saturated carbocycles. The van der Waals surface area contributed by atoms with Crippen molar-refractivity contribution in [3.8, 4) is 0 Å². The number of rotatable bonds is 6. The number of anilines is 2. The van der Waals surface area contributed by atoms with Gasteiger partial charge in [-0.05, 0) is 37.6 Å². The van der Waals surface area contributed by atoms with Crippen LogP contribution in [0.1, 0.15) is 20.9 Å². The molecule has 0 spiro atoms. The molecule has 0 atom stereocenters. The van der Waals surface area contributed by atoms with Crippen molar-refractivity contribution in [1.29, 1.82) is 0 Å². The summed E-state index contributed by atoms with van der Waals surface area (Å²) < 4.78 is 1.55. The van der Waals surface area contributed by atoms with E-state index in [0.29, 0.717) is 14.5 Å². The van der Waals surface area contributed by atoms with Crippen LogP contribution < -0.4 is 10.6 Å². The van der Waals surface area contributed by atoms with Crippen LogP contribution in [0.15, 0.2) is 46.8 Å². The lowest BCUT2D eigenvalue weighted by Gasteiger charge is -2.08. The standard InChI is InChI=1S/C20H17N5O2S3/c1-11-7-8-13(12(2)9-11)21-16(26)10-28-20-25-24-19(30-20)23-17(27)18-22-14-5-3-4-6-15(14)29-18/h3-9H,10H2,1-2H3,(H,21,26)(H,23,24,27). The third-order valence-corrected chi connectivity index (χ3v) is 7.10. The Labute approximate surface area is 185 Å². The van der Waals surface area contributed by atoms with Gasteiger partial charge in [0, 0.05) is 5.69 Å². The van der Waals surface area contributed by atoms with Gasteiger partial charge in [-0.3, -0.25) is 14.9 Å². The highest BCUT2D eigenvalue weighted by molar-refractivity contribution is 8.01. The number of amides is 2. The molecule has 10 heteroatoms. The Bertz CT molecular complexity index is 1200. The third-order valence-electron chi connectivity index (χ3n) is 4.10. The van der Waals surface area contributed by atoms with Gasteiger partial charge in [-0.25, -0.2) is 4.98 Å². The average Bonchev–Trinajstić information content (AvgIpc) is 3.35. The predicted octanol–water partition coefficient (Wildman–Crippen LogP) is 4.75. The lowest BCUT2D eigenvalue weighted by atomic mass is 10.1. The molecule has 152 valence electrons. The van der Waals surface area contributed by atoms with E-state index in [1.54, 1.807) is 0 Å².